The monoisotopic (exact) mass is 228 g/mol. The van der Waals surface area contributed by atoms with E-state index in [1.54, 1.807) is 7.11 Å². The second kappa shape index (κ2) is 6.58. The molecular weight excluding hydrogens is 200 g/mol. The average molecular weight is 228 g/mol. The largest absolute Gasteiger partial charge is 0.383 e. The Morgan fingerprint density at radius 3 is 2.25 bits per heavy atom. The van der Waals surface area contributed by atoms with Crippen LogP contribution in [0.4, 0.5) is 0 Å². The lowest BCUT2D eigenvalue weighted by molar-refractivity contribution is 0.0369. The molecule has 1 saturated heterocycles. The maximum absolute atomic E-state index is 5.12. The maximum Gasteiger partial charge on any atom is 0.0589 e. The van der Waals surface area contributed by atoms with Crippen molar-refractivity contribution in [3.8, 4) is 0 Å². The highest BCUT2D eigenvalue weighted by atomic mass is 16.5. The highest BCUT2D eigenvalue weighted by Gasteiger charge is 2.28. The first-order chi connectivity index (χ1) is 7.60. The molecule has 1 rings (SSSR count). The zero-order valence-electron chi connectivity index (χ0n) is 11.5. The molecular formula is C13H28N2O. The number of hydrogen-bond donors (Lipinski definition) is 0. The van der Waals surface area contributed by atoms with Crippen molar-refractivity contribution in [3.63, 3.8) is 0 Å². The molecule has 1 aliphatic rings. The van der Waals surface area contributed by atoms with Crippen LogP contribution in [0.5, 0.6) is 0 Å². The smallest absolute Gasteiger partial charge is 0.0589 e. The predicted octanol–water partition coefficient (Wildman–Crippen LogP) is 1.83. The van der Waals surface area contributed by atoms with Crippen LogP contribution in [-0.2, 0) is 4.74 Å². The van der Waals surface area contributed by atoms with Crippen LogP contribution in [0.15, 0.2) is 0 Å². The lowest BCUT2D eigenvalue weighted by atomic mass is 9.95. The Balaban J connectivity index is 2.30. The van der Waals surface area contributed by atoms with Crippen LogP contribution in [0, 0.1) is 0 Å². The molecule has 1 heterocycles. The van der Waals surface area contributed by atoms with E-state index in [0.717, 1.165) is 13.2 Å². The second-order valence-electron chi connectivity index (χ2n) is 5.38. The van der Waals surface area contributed by atoms with Crippen LogP contribution >= 0.6 is 0 Å². The molecule has 3 nitrogen and oxygen atoms in total. The van der Waals surface area contributed by atoms with Crippen molar-refractivity contribution >= 4 is 0 Å². The molecule has 0 aromatic rings. The number of nitrogens with zero attached hydrogens (tertiary/aromatic N) is 2. The Morgan fingerprint density at radius 2 is 1.75 bits per heavy atom. The first kappa shape index (κ1) is 13.9. The third-order valence-corrected chi connectivity index (χ3v) is 3.70. The van der Waals surface area contributed by atoms with Crippen LogP contribution < -0.4 is 0 Å². The molecule has 0 radical (unpaired) electrons. The van der Waals surface area contributed by atoms with E-state index >= 15 is 0 Å². The molecule has 0 atom stereocenters. The van der Waals surface area contributed by atoms with Gasteiger partial charge in [-0.15, -0.1) is 0 Å². The van der Waals surface area contributed by atoms with Crippen LogP contribution in [0.2, 0.25) is 0 Å². The van der Waals surface area contributed by atoms with Crippen molar-refractivity contribution in [3.05, 3.63) is 0 Å². The Hall–Kier alpha value is -0.120. The number of rotatable bonds is 6. The number of methoxy groups -OCH3 is 1. The number of hydrogen-bond acceptors (Lipinski definition) is 3. The zero-order valence-corrected chi connectivity index (χ0v) is 11.5. The summed E-state index contributed by atoms with van der Waals surface area (Å²) < 4.78 is 5.12. The lowest BCUT2D eigenvalue weighted by Gasteiger charge is -2.44. The van der Waals surface area contributed by atoms with Gasteiger partial charge in [0, 0.05) is 45.4 Å². The molecule has 1 aliphatic heterocycles. The first-order valence-electron chi connectivity index (χ1n) is 6.56. The minimum atomic E-state index is 0.377. The fourth-order valence-corrected chi connectivity index (χ4v) is 2.57. The molecule has 0 amide bonds. The van der Waals surface area contributed by atoms with Gasteiger partial charge >= 0.3 is 0 Å². The second-order valence-corrected chi connectivity index (χ2v) is 5.38. The highest BCUT2D eigenvalue weighted by Crippen LogP contribution is 2.21. The minimum absolute atomic E-state index is 0.377. The highest BCUT2D eigenvalue weighted by molar-refractivity contribution is 4.85. The van der Waals surface area contributed by atoms with Gasteiger partial charge in [-0.05, 0) is 20.3 Å². The number of ether oxygens (including phenoxy) is 1. The number of piperazine rings is 1. The van der Waals surface area contributed by atoms with Crippen molar-refractivity contribution in [1.29, 1.82) is 0 Å². The summed E-state index contributed by atoms with van der Waals surface area (Å²) in [6.45, 7) is 13.8. The van der Waals surface area contributed by atoms with Crippen LogP contribution in [0.25, 0.3) is 0 Å². The summed E-state index contributed by atoms with van der Waals surface area (Å²) in [4.78, 5) is 5.14. The van der Waals surface area contributed by atoms with Gasteiger partial charge in [0.15, 0.2) is 0 Å². The van der Waals surface area contributed by atoms with Gasteiger partial charge in [0.2, 0.25) is 0 Å². The van der Waals surface area contributed by atoms with Crippen molar-refractivity contribution < 1.29 is 4.74 Å². The summed E-state index contributed by atoms with van der Waals surface area (Å²) in [5.74, 6) is 0. The van der Waals surface area contributed by atoms with Gasteiger partial charge in [0.25, 0.3) is 0 Å². The van der Waals surface area contributed by atoms with Gasteiger partial charge in [-0.2, -0.15) is 0 Å². The van der Waals surface area contributed by atoms with Crippen molar-refractivity contribution in [2.75, 3.05) is 46.4 Å². The van der Waals surface area contributed by atoms with E-state index < -0.39 is 0 Å². The minimum Gasteiger partial charge on any atom is -0.383 e. The fraction of sp³-hybridized carbons (Fsp3) is 1.00. The van der Waals surface area contributed by atoms with Gasteiger partial charge < -0.3 is 4.74 Å². The third-order valence-electron chi connectivity index (χ3n) is 3.70. The summed E-state index contributed by atoms with van der Waals surface area (Å²) in [7, 11) is 1.78. The van der Waals surface area contributed by atoms with Crippen molar-refractivity contribution in [2.24, 2.45) is 0 Å². The topological polar surface area (TPSA) is 15.7 Å². The van der Waals surface area contributed by atoms with E-state index in [9.17, 15) is 0 Å². The first-order valence-corrected chi connectivity index (χ1v) is 6.56. The molecule has 0 unspecified atom stereocenters. The molecule has 0 saturated carbocycles. The fourth-order valence-electron chi connectivity index (χ4n) is 2.57. The van der Waals surface area contributed by atoms with Crippen LogP contribution in [-0.4, -0.2) is 61.8 Å². The predicted molar refractivity (Wildman–Crippen MR) is 68.9 cm³/mol. The van der Waals surface area contributed by atoms with E-state index in [2.05, 4.69) is 30.6 Å². The van der Waals surface area contributed by atoms with Crippen LogP contribution in [0.1, 0.15) is 33.6 Å². The summed E-state index contributed by atoms with van der Waals surface area (Å²) in [6, 6.07) is 0. The summed E-state index contributed by atoms with van der Waals surface area (Å²) in [5.41, 5.74) is 0.377. The molecule has 0 aliphatic carbocycles. The molecule has 96 valence electrons. The standard InChI is InChI=1S/C13H28N2O/c1-5-6-13(2,3)15-9-7-14(8-10-15)11-12-16-4/h5-12H2,1-4H3. The Morgan fingerprint density at radius 1 is 1.12 bits per heavy atom. The Kier molecular flexibility index (Phi) is 5.73. The third kappa shape index (κ3) is 4.04. The van der Waals surface area contributed by atoms with Gasteiger partial charge in [-0.25, -0.2) is 0 Å². The van der Waals surface area contributed by atoms with E-state index in [1.165, 1.54) is 39.0 Å². The molecule has 0 aromatic carbocycles. The molecule has 0 N–H and O–H groups in total. The normalized spacial score (nSPS) is 20.2. The quantitative estimate of drug-likeness (QED) is 0.690. The molecule has 3 heteroatoms. The Labute approximate surface area is 101 Å². The lowest BCUT2D eigenvalue weighted by Crippen LogP contribution is -2.54. The van der Waals surface area contributed by atoms with Gasteiger partial charge in [0.1, 0.15) is 0 Å². The summed E-state index contributed by atoms with van der Waals surface area (Å²) >= 11 is 0. The van der Waals surface area contributed by atoms with E-state index in [4.69, 9.17) is 4.74 Å². The average Bonchev–Trinajstić information content (AvgIpc) is 2.27. The van der Waals surface area contributed by atoms with E-state index in [-0.39, 0.29) is 0 Å². The molecule has 0 bridgehead atoms. The molecule has 0 aromatic heterocycles. The van der Waals surface area contributed by atoms with Crippen molar-refractivity contribution in [1.82, 2.24) is 9.80 Å². The van der Waals surface area contributed by atoms with Crippen molar-refractivity contribution in [2.45, 2.75) is 39.2 Å². The molecule has 1 fully saturated rings. The summed E-state index contributed by atoms with van der Waals surface area (Å²) in [6.07, 6.45) is 2.57. The zero-order chi connectivity index (χ0) is 12.0. The van der Waals surface area contributed by atoms with E-state index in [1.807, 2.05) is 0 Å². The molecule has 0 spiro atoms. The SMILES string of the molecule is CCCC(C)(C)N1CCN(CCOC)CC1. The maximum atomic E-state index is 5.12. The molecule has 16 heavy (non-hydrogen) atoms. The van der Waals surface area contributed by atoms with Gasteiger partial charge in [-0.1, -0.05) is 13.3 Å². The van der Waals surface area contributed by atoms with Crippen LogP contribution in [0.3, 0.4) is 0 Å². The van der Waals surface area contributed by atoms with Gasteiger partial charge in [-0.3, -0.25) is 9.80 Å². The van der Waals surface area contributed by atoms with Gasteiger partial charge in [0.05, 0.1) is 6.61 Å². The Bertz CT molecular complexity index is 186. The summed E-state index contributed by atoms with van der Waals surface area (Å²) in [5, 5.41) is 0. The van der Waals surface area contributed by atoms with E-state index in [0.29, 0.717) is 5.54 Å².